The molecule has 1 aromatic heterocycles. The Labute approximate surface area is 145 Å². The molecule has 3 rings (SSSR count). The first-order valence-electron chi connectivity index (χ1n) is 8.07. The quantitative estimate of drug-likeness (QED) is 0.875. The van der Waals surface area contributed by atoms with Gasteiger partial charge in [-0.25, -0.2) is 4.39 Å². The van der Waals surface area contributed by atoms with Crippen molar-refractivity contribution in [2.24, 2.45) is 0 Å². The molecule has 1 aromatic carbocycles. The summed E-state index contributed by atoms with van der Waals surface area (Å²) in [6.45, 7) is 1.44. The molecule has 2 heterocycles. The Hall–Kier alpha value is -2.90. The first kappa shape index (κ1) is 16.9. The van der Waals surface area contributed by atoms with Crippen LogP contribution in [0.1, 0.15) is 0 Å². The Balaban J connectivity index is 1.75. The zero-order chi connectivity index (χ0) is 17.8. The fourth-order valence-electron chi connectivity index (χ4n) is 2.98. The summed E-state index contributed by atoms with van der Waals surface area (Å²) in [5.74, 6) is -0.684. The summed E-state index contributed by atoms with van der Waals surface area (Å²) in [4.78, 5) is 28.5. The number of halogens is 1. The van der Waals surface area contributed by atoms with Gasteiger partial charge in [0.1, 0.15) is 18.4 Å². The maximum absolute atomic E-state index is 13.1. The van der Waals surface area contributed by atoms with E-state index >= 15 is 0 Å². The lowest BCUT2D eigenvalue weighted by molar-refractivity contribution is -0.141. The Morgan fingerprint density at radius 1 is 1.28 bits per heavy atom. The van der Waals surface area contributed by atoms with E-state index < -0.39 is 6.04 Å². The van der Waals surface area contributed by atoms with E-state index in [9.17, 15) is 14.0 Å². The van der Waals surface area contributed by atoms with E-state index in [4.69, 9.17) is 0 Å². The number of rotatable bonds is 4. The van der Waals surface area contributed by atoms with Gasteiger partial charge >= 0.3 is 0 Å². The van der Waals surface area contributed by atoms with Crippen molar-refractivity contribution >= 4 is 17.5 Å². The molecule has 0 saturated carbocycles. The van der Waals surface area contributed by atoms with E-state index in [1.165, 1.54) is 16.8 Å². The van der Waals surface area contributed by atoms with Crippen LogP contribution in [0.2, 0.25) is 0 Å². The molecular weight excluding hydrogens is 325 g/mol. The zero-order valence-corrected chi connectivity index (χ0v) is 13.9. The van der Waals surface area contributed by atoms with Crippen molar-refractivity contribution in [1.29, 1.82) is 0 Å². The van der Waals surface area contributed by atoms with Gasteiger partial charge in [0.25, 0.3) is 0 Å². The predicted molar refractivity (Wildman–Crippen MR) is 90.4 cm³/mol. The number of carbonyl (C=O) groups is 2. The molecule has 0 radical (unpaired) electrons. The second kappa shape index (κ2) is 7.33. The Kier molecular flexibility index (Phi) is 4.97. The van der Waals surface area contributed by atoms with Crippen molar-refractivity contribution in [3.8, 4) is 0 Å². The molecule has 1 aliphatic rings. The second-order valence-corrected chi connectivity index (χ2v) is 5.84. The maximum Gasteiger partial charge on any atom is 0.245 e. The highest BCUT2D eigenvalue weighted by Gasteiger charge is 2.35. The van der Waals surface area contributed by atoms with Crippen LogP contribution in [0.15, 0.2) is 42.7 Å². The highest BCUT2D eigenvalue weighted by molar-refractivity contribution is 5.88. The molecule has 0 aliphatic carbocycles. The van der Waals surface area contributed by atoms with Crippen LogP contribution in [0.3, 0.4) is 0 Å². The lowest BCUT2D eigenvalue weighted by atomic mass is 10.1. The molecule has 1 saturated heterocycles. The van der Waals surface area contributed by atoms with Crippen molar-refractivity contribution in [2.75, 3.05) is 31.6 Å². The molecule has 0 spiro atoms. The monoisotopic (exact) mass is 345 g/mol. The minimum absolute atomic E-state index is 0.0943. The molecule has 0 bridgehead atoms. The summed E-state index contributed by atoms with van der Waals surface area (Å²) in [5.41, 5.74) is 0.828. The van der Waals surface area contributed by atoms with E-state index in [0.717, 1.165) is 5.69 Å². The third-order valence-electron chi connectivity index (χ3n) is 4.30. The molecule has 1 unspecified atom stereocenters. The van der Waals surface area contributed by atoms with Crippen LogP contribution >= 0.6 is 0 Å². The number of hydrogen-bond donors (Lipinski definition) is 1. The molecule has 132 valence electrons. The number of benzene rings is 1. The van der Waals surface area contributed by atoms with Crippen LogP contribution in [0, 0.1) is 5.82 Å². The average molecular weight is 345 g/mol. The number of hydrogen-bond acceptors (Lipinski definition) is 4. The fraction of sp³-hybridized carbons (Fsp3) is 0.353. The molecule has 8 heteroatoms. The van der Waals surface area contributed by atoms with Gasteiger partial charge in [-0.1, -0.05) is 0 Å². The van der Waals surface area contributed by atoms with E-state index in [1.54, 1.807) is 42.5 Å². The molecular formula is C17H20FN5O2. The molecule has 7 nitrogen and oxygen atoms in total. The predicted octanol–water partition coefficient (Wildman–Crippen LogP) is 0.486. The summed E-state index contributed by atoms with van der Waals surface area (Å²) in [6.07, 6.45) is 3.32. The number of likely N-dealkylation sites (N-methyl/N-ethyl adjacent to an activating group) is 1. The highest BCUT2D eigenvalue weighted by Crippen LogP contribution is 2.20. The highest BCUT2D eigenvalue weighted by atomic mass is 19.1. The van der Waals surface area contributed by atoms with Crippen LogP contribution in [0.5, 0.6) is 0 Å². The summed E-state index contributed by atoms with van der Waals surface area (Å²) in [7, 11) is 1.55. The lowest BCUT2D eigenvalue weighted by Gasteiger charge is -2.41. The third kappa shape index (κ3) is 3.78. The smallest absolute Gasteiger partial charge is 0.245 e. The summed E-state index contributed by atoms with van der Waals surface area (Å²) >= 11 is 0. The number of anilines is 1. The Morgan fingerprint density at radius 3 is 2.68 bits per heavy atom. The normalized spacial score (nSPS) is 17.4. The summed E-state index contributed by atoms with van der Waals surface area (Å²) < 4.78 is 14.7. The van der Waals surface area contributed by atoms with Crippen molar-refractivity contribution in [3.63, 3.8) is 0 Å². The average Bonchev–Trinajstić information content (AvgIpc) is 3.14. The maximum atomic E-state index is 13.1. The molecule has 1 N–H and O–H groups in total. The minimum atomic E-state index is -0.605. The second-order valence-electron chi connectivity index (χ2n) is 5.84. The molecule has 1 fully saturated rings. The van der Waals surface area contributed by atoms with Crippen molar-refractivity contribution in [1.82, 2.24) is 20.0 Å². The van der Waals surface area contributed by atoms with Gasteiger partial charge in [0.15, 0.2) is 0 Å². The number of aromatic nitrogens is 2. The van der Waals surface area contributed by atoms with E-state index in [0.29, 0.717) is 19.6 Å². The van der Waals surface area contributed by atoms with Crippen LogP contribution in [0.4, 0.5) is 10.1 Å². The molecule has 25 heavy (non-hydrogen) atoms. The Morgan fingerprint density at radius 2 is 2.04 bits per heavy atom. The topological polar surface area (TPSA) is 70.5 Å². The number of nitrogens with zero attached hydrogens (tertiary/aromatic N) is 4. The largest absolute Gasteiger partial charge is 0.367 e. The van der Waals surface area contributed by atoms with Crippen LogP contribution < -0.4 is 10.2 Å². The van der Waals surface area contributed by atoms with Crippen molar-refractivity contribution in [3.05, 3.63) is 48.5 Å². The molecule has 1 atom stereocenters. The van der Waals surface area contributed by atoms with Crippen molar-refractivity contribution < 1.29 is 14.0 Å². The summed E-state index contributed by atoms with van der Waals surface area (Å²) in [5, 5.41) is 6.65. The summed E-state index contributed by atoms with van der Waals surface area (Å²) in [6, 6.07) is 7.27. The van der Waals surface area contributed by atoms with Gasteiger partial charge in [0.05, 0.1) is 0 Å². The number of piperazine rings is 1. The van der Waals surface area contributed by atoms with Gasteiger partial charge in [-0.3, -0.25) is 14.3 Å². The standard InChI is InChI=1S/C17H20FN5O2/c1-19-17(25)15-11-21(14-5-3-13(18)4-6-14)9-10-23(15)16(24)12-22-8-2-7-20-22/h2-8,15H,9-12H2,1H3,(H,19,25). The van der Waals surface area contributed by atoms with Crippen LogP contribution in [-0.2, 0) is 16.1 Å². The van der Waals surface area contributed by atoms with Gasteiger partial charge in [0, 0.05) is 44.8 Å². The first-order valence-corrected chi connectivity index (χ1v) is 8.07. The number of amides is 2. The van der Waals surface area contributed by atoms with Gasteiger partial charge in [0.2, 0.25) is 11.8 Å². The molecule has 1 aliphatic heterocycles. The van der Waals surface area contributed by atoms with Gasteiger partial charge in [-0.05, 0) is 30.3 Å². The van der Waals surface area contributed by atoms with Crippen LogP contribution in [0.25, 0.3) is 0 Å². The Bertz CT molecular complexity index is 732. The van der Waals surface area contributed by atoms with Gasteiger partial charge < -0.3 is 15.1 Å². The fourth-order valence-corrected chi connectivity index (χ4v) is 2.98. The van der Waals surface area contributed by atoms with E-state index in [1.807, 2.05) is 4.90 Å². The lowest BCUT2D eigenvalue weighted by Crippen LogP contribution is -2.61. The molecule has 2 aromatic rings. The minimum Gasteiger partial charge on any atom is -0.367 e. The number of carbonyl (C=O) groups excluding carboxylic acids is 2. The van der Waals surface area contributed by atoms with Gasteiger partial charge in [-0.15, -0.1) is 0 Å². The number of nitrogens with one attached hydrogen (secondary N) is 1. The van der Waals surface area contributed by atoms with Crippen molar-refractivity contribution in [2.45, 2.75) is 12.6 Å². The third-order valence-corrected chi connectivity index (χ3v) is 4.30. The first-order chi connectivity index (χ1) is 12.1. The van der Waals surface area contributed by atoms with Gasteiger partial charge in [-0.2, -0.15) is 5.10 Å². The SMILES string of the molecule is CNC(=O)C1CN(c2ccc(F)cc2)CCN1C(=O)Cn1cccn1. The van der Waals surface area contributed by atoms with E-state index in [2.05, 4.69) is 10.4 Å². The zero-order valence-electron chi connectivity index (χ0n) is 13.9. The molecule has 2 amide bonds. The van der Waals surface area contributed by atoms with Crippen LogP contribution in [-0.4, -0.2) is 59.2 Å². The van der Waals surface area contributed by atoms with E-state index in [-0.39, 0.29) is 24.2 Å².